The normalized spacial score (nSPS) is 11.4. The number of benzene rings is 1. The summed E-state index contributed by atoms with van der Waals surface area (Å²) >= 11 is 0. The molecular weight excluding hydrogens is 264 g/mol. The van der Waals surface area contributed by atoms with Crippen LogP contribution >= 0.6 is 0 Å². The topological polar surface area (TPSA) is 58.9 Å². The van der Waals surface area contributed by atoms with Gasteiger partial charge in [0, 0.05) is 0 Å². The standard InChI is InChI=1S/C11H14BF3O4/c13-11(14,15)5-6-18-7-8-19-10-3-1-9(2-4-10)12(16)17/h1-4,16-17H,5-8H2. The maximum atomic E-state index is 11.8. The van der Waals surface area contributed by atoms with Gasteiger partial charge in [0.15, 0.2) is 0 Å². The van der Waals surface area contributed by atoms with E-state index in [4.69, 9.17) is 19.5 Å². The molecule has 0 amide bonds. The van der Waals surface area contributed by atoms with E-state index in [1.165, 1.54) is 24.3 Å². The first-order valence-electron chi connectivity index (χ1n) is 5.62. The van der Waals surface area contributed by atoms with Gasteiger partial charge in [0.1, 0.15) is 12.4 Å². The molecule has 0 spiro atoms. The highest BCUT2D eigenvalue weighted by Gasteiger charge is 2.26. The molecule has 0 bridgehead atoms. The Kier molecular flexibility index (Phi) is 6.13. The Labute approximate surface area is 108 Å². The molecule has 0 aliphatic rings. The van der Waals surface area contributed by atoms with Crippen LogP contribution in [0.1, 0.15) is 6.42 Å². The smallest absolute Gasteiger partial charge is 0.488 e. The molecule has 0 unspecified atom stereocenters. The molecule has 0 saturated carbocycles. The second-order valence-corrected chi connectivity index (χ2v) is 3.77. The summed E-state index contributed by atoms with van der Waals surface area (Å²) < 4.78 is 45.3. The van der Waals surface area contributed by atoms with Crippen molar-refractivity contribution in [2.24, 2.45) is 0 Å². The van der Waals surface area contributed by atoms with Crippen LogP contribution in [0.2, 0.25) is 0 Å². The minimum Gasteiger partial charge on any atom is -0.491 e. The minimum absolute atomic E-state index is 0.0560. The van der Waals surface area contributed by atoms with Crippen molar-refractivity contribution in [2.45, 2.75) is 12.6 Å². The molecule has 0 aliphatic carbocycles. The molecular formula is C11H14BF3O4. The van der Waals surface area contributed by atoms with Gasteiger partial charge in [-0.3, -0.25) is 0 Å². The number of halogens is 3. The first-order chi connectivity index (χ1) is 8.88. The van der Waals surface area contributed by atoms with E-state index in [9.17, 15) is 13.2 Å². The van der Waals surface area contributed by atoms with Gasteiger partial charge in [0.2, 0.25) is 0 Å². The van der Waals surface area contributed by atoms with Gasteiger partial charge in [-0.1, -0.05) is 12.1 Å². The van der Waals surface area contributed by atoms with Crippen molar-refractivity contribution >= 4 is 12.6 Å². The first-order valence-corrected chi connectivity index (χ1v) is 5.62. The van der Waals surface area contributed by atoms with Crippen molar-refractivity contribution in [1.82, 2.24) is 0 Å². The quantitative estimate of drug-likeness (QED) is 0.570. The summed E-state index contributed by atoms with van der Waals surface area (Å²) in [5.41, 5.74) is 0.328. The predicted octanol–water partition coefficient (Wildman–Crippen LogP) is 0.714. The third kappa shape index (κ3) is 7.04. The molecule has 0 radical (unpaired) electrons. The number of hydrogen-bond acceptors (Lipinski definition) is 4. The molecule has 106 valence electrons. The molecule has 1 rings (SSSR count). The fraction of sp³-hybridized carbons (Fsp3) is 0.455. The number of hydrogen-bond donors (Lipinski definition) is 2. The van der Waals surface area contributed by atoms with E-state index in [-0.39, 0.29) is 19.8 Å². The number of rotatable bonds is 7. The first kappa shape index (κ1) is 15.8. The van der Waals surface area contributed by atoms with Crippen LogP contribution in [0.25, 0.3) is 0 Å². The molecule has 0 atom stereocenters. The molecule has 4 nitrogen and oxygen atoms in total. The van der Waals surface area contributed by atoms with Crippen LogP contribution in [0, 0.1) is 0 Å². The Hall–Kier alpha value is -1.25. The Morgan fingerprint density at radius 2 is 1.63 bits per heavy atom. The van der Waals surface area contributed by atoms with Crippen LogP contribution in [0.5, 0.6) is 5.75 Å². The maximum absolute atomic E-state index is 11.8. The van der Waals surface area contributed by atoms with Gasteiger partial charge in [-0.25, -0.2) is 0 Å². The third-order valence-electron chi connectivity index (χ3n) is 2.20. The lowest BCUT2D eigenvalue weighted by Gasteiger charge is -2.09. The highest BCUT2D eigenvalue weighted by molar-refractivity contribution is 6.58. The van der Waals surface area contributed by atoms with Gasteiger partial charge in [-0.2, -0.15) is 13.2 Å². The van der Waals surface area contributed by atoms with Crippen LogP contribution in [0.15, 0.2) is 24.3 Å². The molecule has 0 aliphatic heterocycles. The molecule has 0 fully saturated rings. The van der Waals surface area contributed by atoms with E-state index < -0.39 is 19.7 Å². The van der Waals surface area contributed by atoms with Crippen molar-refractivity contribution in [3.8, 4) is 5.75 Å². The molecule has 1 aromatic carbocycles. The van der Waals surface area contributed by atoms with Crippen molar-refractivity contribution in [3.05, 3.63) is 24.3 Å². The summed E-state index contributed by atoms with van der Waals surface area (Å²) in [5, 5.41) is 17.7. The molecule has 19 heavy (non-hydrogen) atoms. The fourth-order valence-corrected chi connectivity index (χ4v) is 1.24. The van der Waals surface area contributed by atoms with Gasteiger partial charge in [-0.15, -0.1) is 0 Å². The molecule has 0 aromatic heterocycles. The van der Waals surface area contributed by atoms with E-state index >= 15 is 0 Å². The molecule has 8 heteroatoms. The van der Waals surface area contributed by atoms with E-state index in [2.05, 4.69) is 0 Å². The number of ether oxygens (including phenoxy) is 2. The van der Waals surface area contributed by atoms with Crippen LogP contribution in [0.4, 0.5) is 13.2 Å². The van der Waals surface area contributed by atoms with Gasteiger partial charge < -0.3 is 19.5 Å². The number of alkyl halides is 3. The van der Waals surface area contributed by atoms with Crippen molar-refractivity contribution in [2.75, 3.05) is 19.8 Å². The van der Waals surface area contributed by atoms with E-state index in [0.717, 1.165) is 0 Å². The lowest BCUT2D eigenvalue weighted by Crippen LogP contribution is -2.29. The van der Waals surface area contributed by atoms with Crippen LogP contribution in [-0.2, 0) is 4.74 Å². The maximum Gasteiger partial charge on any atom is 0.488 e. The lowest BCUT2D eigenvalue weighted by atomic mass is 9.80. The molecule has 2 N–H and O–H groups in total. The van der Waals surface area contributed by atoms with Crippen LogP contribution in [0.3, 0.4) is 0 Å². The summed E-state index contributed by atoms with van der Waals surface area (Å²) in [5.74, 6) is 0.476. The second-order valence-electron chi connectivity index (χ2n) is 3.77. The zero-order valence-electron chi connectivity index (χ0n) is 10.1. The molecule has 0 heterocycles. The summed E-state index contributed by atoms with van der Waals surface area (Å²) in [7, 11) is -1.54. The summed E-state index contributed by atoms with van der Waals surface area (Å²) in [6.45, 7) is -0.207. The van der Waals surface area contributed by atoms with Crippen LogP contribution < -0.4 is 10.2 Å². The van der Waals surface area contributed by atoms with Crippen molar-refractivity contribution in [1.29, 1.82) is 0 Å². The second kappa shape index (κ2) is 7.37. The summed E-state index contributed by atoms with van der Waals surface area (Å²) in [6, 6.07) is 6.02. The summed E-state index contributed by atoms with van der Waals surface area (Å²) in [4.78, 5) is 0. The monoisotopic (exact) mass is 278 g/mol. The highest BCUT2D eigenvalue weighted by atomic mass is 19.4. The molecule has 1 aromatic rings. The Morgan fingerprint density at radius 3 is 2.16 bits per heavy atom. The van der Waals surface area contributed by atoms with E-state index in [1.807, 2.05) is 0 Å². The zero-order valence-corrected chi connectivity index (χ0v) is 10.1. The van der Waals surface area contributed by atoms with Gasteiger partial charge in [0.05, 0.1) is 19.6 Å². The minimum atomic E-state index is -4.21. The van der Waals surface area contributed by atoms with Crippen molar-refractivity contribution in [3.63, 3.8) is 0 Å². The Balaban J connectivity index is 2.16. The van der Waals surface area contributed by atoms with Crippen LogP contribution in [-0.4, -0.2) is 43.2 Å². The van der Waals surface area contributed by atoms with Crippen molar-refractivity contribution < 1.29 is 32.7 Å². The third-order valence-corrected chi connectivity index (χ3v) is 2.20. The predicted molar refractivity (Wildman–Crippen MR) is 63.3 cm³/mol. The molecule has 0 saturated heterocycles. The lowest BCUT2D eigenvalue weighted by molar-refractivity contribution is -0.145. The summed E-state index contributed by atoms with van der Waals surface area (Å²) in [6.07, 6.45) is -5.18. The van der Waals surface area contributed by atoms with E-state index in [0.29, 0.717) is 11.2 Å². The van der Waals surface area contributed by atoms with E-state index in [1.54, 1.807) is 0 Å². The van der Waals surface area contributed by atoms with Gasteiger partial charge in [0.25, 0.3) is 0 Å². The fourth-order valence-electron chi connectivity index (χ4n) is 1.24. The average Bonchev–Trinajstić information content (AvgIpc) is 2.33. The highest BCUT2D eigenvalue weighted by Crippen LogP contribution is 2.18. The Morgan fingerprint density at radius 1 is 1.00 bits per heavy atom. The Bertz CT molecular complexity index is 367. The zero-order chi connectivity index (χ0) is 14.3. The van der Waals surface area contributed by atoms with Gasteiger partial charge >= 0.3 is 13.3 Å². The SMILES string of the molecule is OB(O)c1ccc(OCCOCCC(F)(F)F)cc1. The average molecular weight is 278 g/mol. The largest absolute Gasteiger partial charge is 0.491 e. The van der Waals surface area contributed by atoms with Gasteiger partial charge in [-0.05, 0) is 17.6 Å².